The summed E-state index contributed by atoms with van der Waals surface area (Å²) in [6.45, 7) is 6.99. The van der Waals surface area contributed by atoms with Gasteiger partial charge >= 0.3 is 11.9 Å². The summed E-state index contributed by atoms with van der Waals surface area (Å²) in [5.74, 6) is -4.93. The van der Waals surface area contributed by atoms with Crippen LogP contribution in [0.1, 0.15) is 40.5 Å². The van der Waals surface area contributed by atoms with Crippen LogP contribution in [0.5, 0.6) is 0 Å². The number of ketones is 1. The Morgan fingerprint density at radius 2 is 1.39 bits per heavy atom. The van der Waals surface area contributed by atoms with Gasteiger partial charge in [0.2, 0.25) is 0 Å². The second-order valence-corrected chi connectivity index (χ2v) is 5.35. The summed E-state index contributed by atoms with van der Waals surface area (Å²) in [5, 5.41) is 18.1. The topological polar surface area (TPSA) is 91.7 Å². The first-order valence-electron chi connectivity index (χ1n) is 6.16. The second-order valence-electron chi connectivity index (χ2n) is 5.35. The van der Waals surface area contributed by atoms with Gasteiger partial charge in [-0.15, -0.1) is 0 Å². The van der Waals surface area contributed by atoms with Gasteiger partial charge in [-0.3, -0.25) is 14.4 Å². The van der Waals surface area contributed by atoms with Crippen molar-refractivity contribution in [1.29, 1.82) is 0 Å². The molecule has 0 aliphatic carbocycles. The Hall–Kier alpha value is -1.39. The van der Waals surface area contributed by atoms with Crippen molar-refractivity contribution in [3.05, 3.63) is 0 Å². The van der Waals surface area contributed by atoms with Crippen LogP contribution in [-0.2, 0) is 14.4 Å². The number of rotatable bonds is 8. The van der Waals surface area contributed by atoms with Crippen molar-refractivity contribution in [2.45, 2.75) is 40.5 Å². The highest BCUT2D eigenvalue weighted by atomic mass is 16.4. The molecule has 0 fully saturated rings. The summed E-state index contributed by atoms with van der Waals surface area (Å²) in [6, 6.07) is 0. The third-order valence-electron chi connectivity index (χ3n) is 2.84. The number of hydrogen-bond donors (Lipinski definition) is 2. The fourth-order valence-corrected chi connectivity index (χ4v) is 1.89. The number of carboxylic acid groups (broad SMARTS) is 2. The van der Waals surface area contributed by atoms with Crippen molar-refractivity contribution in [2.75, 3.05) is 0 Å². The third-order valence-corrected chi connectivity index (χ3v) is 2.84. The zero-order valence-corrected chi connectivity index (χ0v) is 11.3. The number of Topliss-reactive ketones (excluding diaryl/α,β-unsaturated/α-hetero) is 1. The van der Waals surface area contributed by atoms with Gasteiger partial charge in [-0.05, 0) is 18.8 Å². The molecule has 0 aromatic carbocycles. The smallest absolute Gasteiger partial charge is 0.314 e. The van der Waals surface area contributed by atoms with Gasteiger partial charge in [0.25, 0.3) is 0 Å². The van der Waals surface area contributed by atoms with Gasteiger partial charge in [-0.1, -0.05) is 27.7 Å². The molecule has 18 heavy (non-hydrogen) atoms. The lowest BCUT2D eigenvalue weighted by Gasteiger charge is -2.19. The van der Waals surface area contributed by atoms with Crippen LogP contribution in [-0.4, -0.2) is 27.9 Å². The minimum Gasteiger partial charge on any atom is -0.481 e. The Bertz CT molecular complexity index is 319. The first-order valence-corrected chi connectivity index (χ1v) is 6.16. The fraction of sp³-hybridized carbons (Fsp3) is 0.769. The van der Waals surface area contributed by atoms with Gasteiger partial charge in [-0.25, -0.2) is 0 Å². The maximum atomic E-state index is 11.8. The molecule has 5 nitrogen and oxygen atoms in total. The lowest BCUT2D eigenvalue weighted by Crippen LogP contribution is -2.32. The summed E-state index contributed by atoms with van der Waals surface area (Å²) in [6.07, 6.45) is 0.254. The maximum absolute atomic E-state index is 11.8. The molecule has 0 saturated carbocycles. The van der Waals surface area contributed by atoms with Crippen molar-refractivity contribution in [2.24, 2.45) is 23.7 Å². The van der Waals surface area contributed by atoms with E-state index in [4.69, 9.17) is 10.2 Å². The van der Waals surface area contributed by atoms with E-state index in [9.17, 15) is 14.4 Å². The Kier molecular flexibility index (Phi) is 6.58. The molecule has 0 aromatic heterocycles. The van der Waals surface area contributed by atoms with Crippen LogP contribution in [0.25, 0.3) is 0 Å². The largest absolute Gasteiger partial charge is 0.481 e. The van der Waals surface area contributed by atoms with Crippen molar-refractivity contribution < 1.29 is 24.6 Å². The van der Waals surface area contributed by atoms with Gasteiger partial charge in [-0.2, -0.15) is 0 Å². The first-order chi connectivity index (χ1) is 8.16. The quantitative estimate of drug-likeness (QED) is 0.650. The molecule has 0 radical (unpaired) electrons. The molecule has 0 aliphatic rings. The molecule has 0 saturated heterocycles. The van der Waals surface area contributed by atoms with E-state index in [0.717, 1.165) is 0 Å². The van der Waals surface area contributed by atoms with Crippen molar-refractivity contribution >= 4 is 17.7 Å². The lowest BCUT2D eigenvalue weighted by molar-refractivity contribution is -0.150. The van der Waals surface area contributed by atoms with Crippen molar-refractivity contribution in [3.63, 3.8) is 0 Å². The molecule has 0 aliphatic heterocycles. The molecule has 2 N–H and O–H groups in total. The van der Waals surface area contributed by atoms with Crippen LogP contribution in [0.2, 0.25) is 0 Å². The van der Waals surface area contributed by atoms with Gasteiger partial charge in [0.05, 0.1) is 5.92 Å². The predicted molar refractivity (Wildman–Crippen MR) is 66.2 cm³/mol. The van der Waals surface area contributed by atoms with Crippen LogP contribution in [0.4, 0.5) is 0 Å². The summed E-state index contributed by atoms with van der Waals surface area (Å²) in [5.41, 5.74) is 0. The molecule has 5 heteroatoms. The van der Waals surface area contributed by atoms with E-state index in [1.54, 1.807) is 13.8 Å². The van der Waals surface area contributed by atoms with E-state index in [1.807, 2.05) is 13.8 Å². The zero-order chi connectivity index (χ0) is 14.5. The van der Waals surface area contributed by atoms with Crippen LogP contribution >= 0.6 is 0 Å². The second kappa shape index (κ2) is 7.13. The van der Waals surface area contributed by atoms with Gasteiger partial charge in [0.15, 0.2) is 0 Å². The van der Waals surface area contributed by atoms with Crippen molar-refractivity contribution in [3.8, 4) is 0 Å². The molecule has 0 rings (SSSR count). The number of carbonyl (C=O) groups excluding carboxylic acids is 1. The van der Waals surface area contributed by atoms with Gasteiger partial charge in [0, 0.05) is 5.92 Å². The maximum Gasteiger partial charge on any atom is 0.314 e. The van der Waals surface area contributed by atoms with E-state index < -0.39 is 35.5 Å². The summed E-state index contributed by atoms with van der Waals surface area (Å²) >= 11 is 0. The molecule has 0 spiro atoms. The van der Waals surface area contributed by atoms with E-state index in [-0.39, 0.29) is 12.3 Å². The SMILES string of the molecule is CC(C)CC(CC(C(=O)O)C(=O)C(C)C)C(=O)O. The average molecular weight is 258 g/mol. The Labute approximate surface area is 107 Å². The first kappa shape index (κ1) is 16.6. The summed E-state index contributed by atoms with van der Waals surface area (Å²) in [4.78, 5) is 33.9. The molecule has 0 aromatic rings. The Morgan fingerprint density at radius 1 is 0.889 bits per heavy atom. The number of aliphatic carboxylic acids is 2. The number of hydrogen-bond acceptors (Lipinski definition) is 3. The van der Waals surface area contributed by atoms with Gasteiger partial charge in [0.1, 0.15) is 11.7 Å². The highest BCUT2D eigenvalue weighted by Gasteiger charge is 2.33. The molecule has 0 amide bonds. The Morgan fingerprint density at radius 3 is 1.67 bits per heavy atom. The van der Waals surface area contributed by atoms with E-state index in [0.29, 0.717) is 6.42 Å². The van der Waals surface area contributed by atoms with Crippen LogP contribution < -0.4 is 0 Å². The van der Waals surface area contributed by atoms with Crippen LogP contribution in [0.15, 0.2) is 0 Å². The van der Waals surface area contributed by atoms with E-state index >= 15 is 0 Å². The zero-order valence-electron chi connectivity index (χ0n) is 11.3. The molecule has 2 atom stereocenters. The minimum atomic E-state index is -1.23. The Balaban J connectivity index is 4.88. The van der Waals surface area contributed by atoms with Gasteiger partial charge < -0.3 is 10.2 Å². The van der Waals surface area contributed by atoms with Crippen molar-refractivity contribution in [1.82, 2.24) is 0 Å². The molecule has 0 bridgehead atoms. The highest BCUT2D eigenvalue weighted by molar-refractivity contribution is 5.99. The minimum absolute atomic E-state index is 0.125. The lowest BCUT2D eigenvalue weighted by atomic mass is 9.83. The van der Waals surface area contributed by atoms with E-state index in [2.05, 4.69) is 0 Å². The van der Waals surface area contributed by atoms with Crippen LogP contribution in [0, 0.1) is 23.7 Å². The average Bonchev–Trinajstić information content (AvgIpc) is 2.21. The molecular weight excluding hydrogens is 236 g/mol. The molecule has 0 heterocycles. The number of carbonyl (C=O) groups is 3. The molecule has 104 valence electrons. The van der Waals surface area contributed by atoms with E-state index in [1.165, 1.54) is 0 Å². The molecular formula is C13H22O5. The highest BCUT2D eigenvalue weighted by Crippen LogP contribution is 2.23. The monoisotopic (exact) mass is 258 g/mol. The summed E-state index contributed by atoms with van der Waals surface area (Å²) < 4.78 is 0. The normalized spacial score (nSPS) is 14.6. The summed E-state index contributed by atoms with van der Waals surface area (Å²) in [7, 11) is 0. The predicted octanol–water partition coefficient (Wildman–Crippen LogP) is 2.05. The third kappa shape index (κ3) is 5.29. The standard InChI is InChI=1S/C13H22O5/c1-7(2)5-9(12(15)16)6-10(13(17)18)11(14)8(3)4/h7-10H,5-6H2,1-4H3,(H,15,16)(H,17,18). The van der Waals surface area contributed by atoms with Crippen LogP contribution in [0.3, 0.4) is 0 Å². The molecule has 2 unspecified atom stereocenters. The number of carboxylic acids is 2. The fourth-order valence-electron chi connectivity index (χ4n) is 1.89.